The summed E-state index contributed by atoms with van der Waals surface area (Å²) in [5, 5.41) is 0. The van der Waals surface area contributed by atoms with E-state index in [4.69, 9.17) is 15.2 Å². The van der Waals surface area contributed by atoms with Crippen molar-refractivity contribution in [3.05, 3.63) is 24.0 Å². The van der Waals surface area contributed by atoms with Gasteiger partial charge in [-0.05, 0) is 25.0 Å². The maximum absolute atomic E-state index is 12.5. The van der Waals surface area contributed by atoms with Gasteiger partial charge in [-0.3, -0.25) is 9.78 Å². The largest absolute Gasteiger partial charge is 0.397 e. The quantitative estimate of drug-likeness (QED) is 0.816. The normalized spacial score (nSPS) is 30.6. The van der Waals surface area contributed by atoms with Crippen LogP contribution in [0.4, 0.5) is 5.69 Å². The lowest BCUT2D eigenvalue weighted by Gasteiger charge is -2.36. The number of hydrogen-bond acceptors (Lipinski definition) is 5. The fraction of sp³-hybridized carbons (Fsp3) is 0.571. The molecule has 2 aliphatic rings. The van der Waals surface area contributed by atoms with Gasteiger partial charge in [0.25, 0.3) is 0 Å². The summed E-state index contributed by atoms with van der Waals surface area (Å²) < 4.78 is 11.3. The highest BCUT2D eigenvalue weighted by Crippen LogP contribution is 2.37. The van der Waals surface area contributed by atoms with Crippen LogP contribution >= 0.6 is 0 Å². The highest BCUT2D eigenvalue weighted by molar-refractivity contribution is 6.00. The van der Waals surface area contributed by atoms with Crippen molar-refractivity contribution in [3.63, 3.8) is 0 Å². The number of ketones is 1. The number of aromatic nitrogens is 1. The molecule has 5 heteroatoms. The Morgan fingerprint density at radius 3 is 3.11 bits per heavy atom. The Labute approximate surface area is 112 Å². The third kappa shape index (κ3) is 2.35. The number of carbonyl (C=O) groups is 1. The van der Waals surface area contributed by atoms with E-state index in [-0.39, 0.29) is 17.3 Å². The molecule has 0 aliphatic carbocycles. The molecule has 102 valence electrons. The van der Waals surface area contributed by atoms with Crippen molar-refractivity contribution in [1.29, 1.82) is 0 Å². The second-order valence-electron chi connectivity index (χ2n) is 5.33. The number of hydrogen-bond donors (Lipinski definition) is 1. The minimum absolute atomic E-state index is 0.0349. The Morgan fingerprint density at radius 1 is 1.47 bits per heavy atom. The summed E-state index contributed by atoms with van der Waals surface area (Å²) >= 11 is 0. The number of Topliss-reactive ketones (excluding diaryl/α,β-unsaturated/α-hetero) is 1. The van der Waals surface area contributed by atoms with Gasteiger partial charge in [-0.2, -0.15) is 0 Å². The molecule has 2 atom stereocenters. The first-order valence-electron chi connectivity index (χ1n) is 6.67. The number of nitrogens with two attached hydrogens (primary N) is 1. The van der Waals surface area contributed by atoms with Crippen molar-refractivity contribution < 1.29 is 14.3 Å². The predicted octanol–water partition coefficient (Wildman–Crippen LogP) is 1.43. The van der Waals surface area contributed by atoms with Crippen LogP contribution in [0.2, 0.25) is 0 Å². The number of carbonyl (C=O) groups excluding carboxylic acids is 1. The highest BCUT2D eigenvalue weighted by Gasteiger charge is 2.43. The fourth-order valence-electron chi connectivity index (χ4n) is 2.93. The van der Waals surface area contributed by atoms with Crippen molar-refractivity contribution in [2.24, 2.45) is 5.92 Å². The molecule has 2 aliphatic heterocycles. The minimum Gasteiger partial charge on any atom is -0.397 e. The lowest BCUT2D eigenvalue weighted by Crippen LogP contribution is -2.42. The molecule has 1 spiro atoms. The predicted molar refractivity (Wildman–Crippen MR) is 69.8 cm³/mol. The molecule has 19 heavy (non-hydrogen) atoms. The monoisotopic (exact) mass is 262 g/mol. The molecule has 0 saturated carbocycles. The standard InChI is InChI=1S/C14H18N2O3/c15-11-2-1-5-16-12(11)13(17)10-3-6-19-14(8-10)4-7-18-9-14/h1-2,5,10H,3-4,6-9,15H2. The molecule has 3 heterocycles. The second-order valence-corrected chi connectivity index (χ2v) is 5.33. The van der Waals surface area contributed by atoms with Crippen LogP contribution in [0.5, 0.6) is 0 Å². The first kappa shape index (κ1) is 12.6. The number of pyridine rings is 1. The van der Waals surface area contributed by atoms with Gasteiger partial charge in [0.1, 0.15) is 5.69 Å². The van der Waals surface area contributed by atoms with Crippen LogP contribution in [0.3, 0.4) is 0 Å². The molecule has 2 fully saturated rings. The first-order chi connectivity index (χ1) is 9.20. The van der Waals surface area contributed by atoms with Gasteiger partial charge in [0, 0.05) is 31.7 Å². The van der Waals surface area contributed by atoms with E-state index in [9.17, 15) is 4.79 Å². The SMILES string of the molecule is Nc1cccnc1C(=O)C1CCOC2(CCOC2)C1. The van der Waals surface area contributed by atoms with Gasteiger partial charge in [-0.1, -0.05) is 0 Å². The molecule has 2 unspecified atom stereocenters. The van der Waals surface area contributed by atoms with Gasteiger partial charge < -0.3 is 15.2 Å². The molecule has 1 aromatic heterocycles. The Balaban J connectivity index is 1.78. The maximum Gasteiger partial charge on any atom is 0.186 e. The van der Waals surface area contributed by atoms with E-state index in [1.807, 2.05) is 0 Å². The summed E-state index contributed by atoms with van der Waals surface area (Å²) in [7, 11) is 0. The molecular formula is C14H18N2O3. The number of anilines is 1. The molecule has 0 radical (unpaired) electrons. The van der Waals surface area contributed by atoms with Crippen LogP contribution in [0.15, 0.2) is 18.3 Å². The zero-order chi connectivity index (χ0) is 13.3. The van der Waals surface area contributed by atoms with E-state index in [1.54, 1.807) is 18.3 Å². The number of nitrogens with zero attached hydrogens (tertiary/aromatic N) is 1. The smallest absolute Gasteiger partial charge is 0.186 e. The number of rotatable bonds is 2. The van der Waals surface area contributed by atoms with Crippen LogP contribution in [0.25, 0.3) is 0 Å². The first-order valence-corrected chi connectivity index (χ1v) is 6.67. The molecule has 0 aromatic carbocycles. The average Bonchev–Trinajstić information content (AvgIpc) is 2.86. The maximum atomic E-state index is 12.5. The van der Waals surface area contributed by atoms with Gasteiger partial charge in [-0.15, -0.1) is 0 Å². The third-order valence-electron chi connectivity index (χ3n) is 4.00. The molecule has 2 N–H and O–H groups in total. The van der Waals surface area contributed by atoms with Crippen molar-refractivity contribution >= 4 is 11.5 Å². The molecule has 0 amide bonds. The van der Waals surface area contributed by atoms with Gasteiger partial charge in [-0.25, -0.2) is 0 Å². The van der Waals surface area contributed by atoms with Crippen molar-refractivity contribution in [3.8, 4) is 0 Å². The van der Waals surface area contributed by atoms with E-state index >= 15 is 0 Å². The van der Waals surface area contributed by atoms with Crippen molar-refractivity contribution in [1.82, 2.24) is 4.98 Å². The van der Waals surface area contributed by atoms with Crippen LogP contribution in [0, 0.1) is 5.92 Å². The molecule has 1 aromatic rings. The summed E-state index contributed by atoms with van der Waals surface area (Å²) in [6.45, 7) is 1.91. The lowest BCUT2D eigenvalue weighted by atomic mass is 9.82. The minimum atomic E-state index is -0.262. The summed E-state index contributed by atoms with van der Waals surface area (Å²) in [6, 6.07) is 3.45. The molecule has 2 saturated heterocycles. The Bertz CT molecular complexity index is 483. The van der Waals surface area contributed by atoms with Gasteiger partial charge in [0.05, 0.1) is 17.9 Å². The average molecular weight is 262 g/mol. The molecule has 3 rings (SSSR count). The summed E-state index contributed by atoms with van der Waals surface area (Å²) in [5.74, 6) is -0.0275. The Hall–Kier alpha value is -1.46. The summed E-state index contributed by atoms with van der Waals surface area (Å²) in [5.41, 5.74) is 6.42. The van der Waals surface area contributed by atoms with Gasteiger partial charge in [0.2, 0.25) is 0 Å². The van der Waals surface area contributed by atoms with E-state index in [0.717, 1.165) is 12.8 Å². The lowest BCUT2D eigenvalue weighted by molar-refractivity contribution is -0.0921. The molecule has 5 nitrogen and oxygen atoms in total. The van der Waals surface area contributed by atoms with E-state index in [2.05, 4.69) is 4.98 Å². The van der Waals surface area contributed by atoms with E-state index in [1.165, 1.54) is 0 Å². The van der Waals surface area contributed by atoms with E-state index in [0.29, 0.717) is 37.6 Å². The van der Waals surface area contributed by atoms with Crippen molar-refractivity contribution in [2.45, 2.75) is 24.9 Å². The number of ether oxygens (including phenoxy) is 2. The topological polar surface area (TPSA) is 74.4 Å². The van der Waals surface area contributed by atoms with Crippen molar-refractivity contribution in [2.75, 3.05) is 25.6 Å². The summed E-state index contributed by atoms with van der Waals surface area (Å²) in [4.78, 5) is 16.6. The van der Waals surface area contributed by atoms with E-state index < -0.39 is 0 Å². The van der Waals surface area contributed by atoms with Gasteiger partial charge >= 0.3 is 0 Å². The van der Waals surface area contributed by atoms with Crippen LogP contribution in [-0.2, 0) is 9.47 Å². The summed E-state index contributed by atoms with van der Waals surface area (Å²) in [6.07, 6.45) is 3.92. The fourth-order valence-corrected chi connectivity index (χ4v) is 2.93. The zero-order valence-electron chi connectivity index (χ0n) is 10.8. The Morgan fingerprint density at radius 2 is 2.37 bits per heavy atom. The molecular weight excluding hydrogens is 244 g/mol. The molecule has 0 bridgehead atoms. The van der Waals surface area contributed by atoms with Crippen LogP contribution in [-0.4, -0.2) is 36.2 Å². The highest BCUT2D eigenvalue weighted by atomic mass is 16.6. The third-order valence-corrected chi connectivity index (χ3v) is 4.00. The number of nitrogen functional groups attached to an aromatic ring is 1. The second kappa shape index (κ2) is 4.90. The van der Waals surface area contributed by atoms with Gasteiger partial charge in [0.15, 0.2) is 5.78 Å². The van der Waals surface area contributed by atoms with Crippen LogP contribution < -0.4 is 5.73 Å². The Kier molecular flexibility index (Phi) is 3.24. The zero-order valence-corrected chi connectivity index (χ0v) is 10.8. The van der Waals surface area contributed by atoms with Crippen LogP contribution in [0.1, 0.15) is 29.8 Å².